The van der Waals surface area contributed by atoms with Crippen LogP contribution < -0.4 is 5.73 Å². The Balaban J connectivity index is 2.40. The Morgan fingerprint density at radius 1 is 1.33 bits per heavy atom. The van der Waals surface area contributed by atoms with Crippen LogP contribution in [0.5, 0.6) is 0 Å². The smallest absolute Gasteiger partial charge is 0.124 e. The van der Waals surface area contributed by atoms with Gasteiger partial charge in [-0.05, 0) is 43.5 Å². The standard InChI is InChI=1S/C17H20FN3/c1-4-17-12(2)20-21(13(17)3)11-15-7-8-16(18)10-14(15)6-5-9-19/h7-8,10H,4,9,11,19H2,1-3H3. The van der Waals surface area contributed by atoms with Crippen LogP contribution in [0.1, 0.15) is 35.0 Å². The van der Waals surface area contributed by atoms with E-state index in [1.807, 2.05) is 11.6 Å². The molecule has 1 heterocycles. The molecule has 0 aliphatic rings. The number of aromatic nitrogens is 2. The molecular formula is C17H20FN3. The van der Waals surface area contributed by atoms with E-state index in [2.05, 4.69) is 30.8 Å². The van der Waals surface area contributed by atoms with Gasteiger partial charge in [0, 0.05) is 11.3 Å². The number of benzene rings is 1. The fraction of sp³-hybridized carbons (Fsp3) is 0.353. The highest BCUT2D eigenvalue weighted by Gasteiger charge is 2.11. The largest absolute Gasteiger partial charge is 0.320 e. The van der Waals surface area contributed by atoms with Crippen LogP contribution in [-0.4, -0.2) is 16.3 Å². The molecule has 2 aromatic rings. The lowest BCUT2D eigenvalue weighted by molar-refractivity contribution is 0.621. The van der Waals surface area contributed by atoms with Gasteiger partial charge in [-0.3, -0.25) is 4.68 Å². The van der Waals surface area contributed by atoms with Crippen molar-refractivity contribution in [1.82, 2.24) is 9.78 Å². The van der Waals surface area contributed by atoms with Crippen LogP contribution in [0.25, 0.3) is 0 Å². The molecule has 0 saturated carbocycles. The summed E-state index contributed by atoms with van der Waals surface area (Å²) in [6, 6.07) is 4.66. The second-order valence-electron chi connectivity index (χ2n) is 4.97. The first-order valence-electron chi connectivity index (χ1n) is 7.07. The molecule has 4 heteroatoms. The highest BCUT2D eigenvalue weighted by atomic mass is 19.1. The van der Waals surface area contributed by atoms with Gasteiger partial charge in [0.25, 0.3) is 0 Å². The number of rotatable bonds is 3. The van der Waals surface area contributed by atoms with Crippen LogP contribution >= 0.6 is 0 Å². The highest BCUT2D eigenvalue weighted by Crippen LogP contribution is 2.17. The zero-order chi connectivity index (χ0) is 15.4. The molecule has 2 rings (SSSR count). The predicted molar refractivity (Wildman–Crippen MR) is 82.5 cm³/mol. The molecule has 0 fully saturated rings. The van der Waals surface area contributed by atoms with Gasteiger partial charge in [-0.1, -0.05) is 24.8 Å². The predicted octanol–water partition coefficient (Wildman–Crippen LogP) is 2.56. The van der Waals surface area contributed by atoms with Crippen molar-refractivity contribution >= 4 is 0 Å². The van der Waals surface area contributed by atoms with Crippen LogP contribution in [-0.2, 0) is 13.0 Å². The van der Waals surface area contributed by atoms with Crippen molar-refractivity contribution in [2.24, 2.45) is 5.73 Å². The summed E-state index contributed by atoms with van der Waals surface area (Å²) in [5.74, 6) is 5.43. The maximum absolute atomic E-state index is 13.4. The van der Waals surface area contributed by atoms with E-state index in [1.165, 1.54) is 17.7 Å². The van der Waals surface area contributed by atoms with Crippen molar-refractivity contribution in [2.45, 2.75) is 33.7 Å². The molecule has 0 spiro atoms. The summed E-state index contributed by atoms with van der Waals surface area (Å²) in [6.45, 7) is 7.05. The van der Waals surface area contributed by atoms with Crippen molar-refractivity contribution in [3.8, 4) is 11.8 Å². The Hall–Kier alpha value is -2.12. The number of nitrogens with two attached hydrogens (primary N) is 1. The molecule has 110 valence electrons. The molecule has 0 bridgehead atoms. The summed E-state index contributed by atoms with van der Waals surface area (Å²) >= 11 is 0. The van der Waals surface area contributed by atoms with Crippen LogP contribution in [0.2, 0.25) is 0 Å². The average Bonchev–Trinajstić information content (AvgIpc) is 2.73. The molecule has 0 saturated heterocycles. The van der Waals surface area contributed by atoms with Gasteiger partial charge in [-0.25, -0.2) is 4.39 Å². The molecule has 21 heavy (non-hydrogen) atoms. The first-order valence-corrected chi connectivity index (χ1v) is 7.07. The zero-order valence-corrected chi connectivity index (χ0v) is 12.7. The summed E-state index contributed by atoms with van der Waals surface area (Å²) in [6.07, 6.45) is 0.959. The first kappa shape index (κ1) is 15.3. The molecule has 2 N–H and O–H groups in total. The Labute approximate surface area is 125 Å². The van der Waals surface area contributed by atoms with E-state index in [-0.39, 0.29) is 12.4 Å². The molecule has 3 nitrogen and oxygen atoms in total. The molecule has 1 aromatic carbocycles. The number of hydrogen-bond donors (Lipinski definition) is 1. The quantitative estimate of drug-likeness (QED) is 0.881. The van der Waals surface area contributed by atoms with Gasteiger partial charge in [-0.2, -0.15) is 5.10 Å². The van der Waals surface area contributed by atoms with Gasteiger partial charge in [0.05, 0.1) is 18.8 Å². The molecule has 0 atom stereocenters. The first-order chi connectivity index (χ1) is 10.1. The van der Waals surface area contributed by atoms with Gasteiger partial charge in [0.15, 0.2) is 0 Å². The van der Waals surface area contributed by atoms with Crippen molar-refractivity contribution in [2.75, 3.05) is 6.54 Å². The molecule has 0 aliphatic heterocycles. The summed E-state index contributed by atoms with van der Waals surface area (Å²) in [7, 11) is 0. The lowest BCUT2D eigenvalue weighted by Gasteiger charge is -2.08. The van der Waals surface area contributed by atoms with Gasteiger partial charge in [0.1, 0.15) is 5.82 Å². The Morgan fingerprint density at radius 3 is 2.71 bits per heavy atom. The molecule has 0 unspecified atom stereocenters. The Kier molecular flexibility index (Phi) is 4.77. The van der Waals surface area contributed by atoms with Gasteiger partial charge >= 0.3 is 0 Å². The summed E-state index contributed by atoms with van der Waals surface area (Å²) in [5, 5.41) is 4.57. The number of nitrogens with zero attached hydrogens (tertiary/aromatic N) is 2. The minimum Gasteiger partial charge on any atom is -0.320 e. The van der Waals surface area contributed by atoms with Crippen LogP contribution in [0.15, 0.2) is 18.2 Å². The number of hydrogen-bond acceptors (Lipinski definition) is 2. The highest BCUT2D eigenvalue weighted by molar-refractivity contribution is 5.42. The normalized spacial score (nSPS) is 10.3. The van der Waals surface area contributed by atoms with Gasteiger partial charge in [0.2, 0.25) is 0 Å². The summed E-state index contributed by atoms with van der Waals surface area (Å²) < 4.78 is 15.3. The van der Waals surface area contributed by atoms with Crippen LogP contribution in [0.3, 0.4) is 0 Å². The third-order valence-corrected chi connectivity index (χ3v) is 3.60. The van der Waals surface area contributed by atoms with E-state index < -0.39 is 0 Å². The van der Waals surface area contributed by atoms with E-state index in [4.69, 9.17) is 5.73 Å². The maximum Gasteiger partial charge on any atom is 0.124 e. The minimum atomic E-state index is -0.289. The van der Waals surface area contributed by atoms with E-state index in [9.17, 15) is 4.39 Å². The fourth-order valence-electron chi connectivity index (χ4n) is 2.51. The van der Waals surface area contributed by atoms with Gasteiger partial charge in [-0.15, -0.1) is 0 Å². The second kappa shape index (κ2) is 6.55. The number of halogens is 1. The van der Waals surface area contributed by atoms with Crippen molar-refractivity contribution in [3.05, 3.63) is 52.1 Å². The van der Waals surface area contributed by atoms with E-state index in [0.717, 1.165) is 23.4 Å². The molecular weight excluding hydrogens is 265 g/mol. The van der Waals surface area contributed by atoms with Crippen molar-refractivity contribution in [1.29, 1.82) is 0 Å². The van der Waals surface area contributed by atoms with Crippen molar-refractivity contribution in [3.63, 3.8) is 0 Å². The second-order valence-corrected chi connectivity index (χ2v) is 4.97. The molecule has 0 aliphatic carbocycles. The maximum atomic E-state index is 13.4. The van der Waals surface area contributed by atoms with Crippen LogP contribution in [0, 0.1) is 31.5 Å². The molecule has 0 amide bonds. The average molecular weight is 285 g/mol. The molecule has 0 radical (unpaired) electrons. The van der Waals surface area contributed by atoms with E-state index >= 15 is 0 Å². The SMILES string of the molecule is CCc1c(C)nn(Cc2ccc(F)cc2C#CCN)c1C. The van der Waals surface area contributed by atoms with E-state index in [0.29, 0.717) is 12.1 Å². The Bertz CT molecular complexity index is 705. The monoisotopic (exact) mass is 285 g/mol. The minimum absolute atomic E-state index is 0.260. The lowest BCUT2D eigenvalue weighted by atomic mass is 10.1. The number of aryl methyl sites for hydroxylation is 1. The zero-order valence-electron chi connectivity index (χ0n) is 12.7. The summed E-state index contributed by atoms with van der Waals surface area (Å²) in [5.41, 5.74) is 10.5. The third kappa shape index (κ3) is 3.32. The summed E-state index contributed by atoms with van der Waals surface area (Å²) in [4.78, 5) is 0. The topological polar surface area (TPSA) is 43.8 Å². The fourth-order valence-corrected chi connectivity index (χ4v) is 2.51. The third-order valence-electron chi connectivity index (χ3n) is 3.60. The van der Waals surface area contributed by atoms with E-state index in [1.54, 1.807) is 6.07 Å². The van der Waals surface area contributed by atoms with Gasteiger partial charge < -0.3 is 5.73 Å². The molecule has 1 aromatic heterocycles. The van der Waals surface area contributed by atoms with Crippen LogP contribution in [0.4, 0.5) is 4.39 Å². The Morgan fingerprint density at radius 2 is 2.10 bits per heavy atom. The van der Waals surface area contributed by atoms with Crippen molar-refractivity contribution < 1.29 is 4.39 Å². The lowest BCUT2D eigenvalue weighted by Crippen LogP contribution is -2.06.